The van der Waals surface area contributed by atoms with Crippen molar-refractivity contribution in [3.05, 3.63) is 64.6 Å². The number of carbonyl (C=O) groups is 1. The summed E-state index contributed by atoms with van der Waals surface area (Å²) < 4.78 is 25.2. The van der Waals surface area contributed by atoms with E-state index >= 15 is 0 Å². The molecule has 0 radical (unpaired) electrons. The number of nitrogens with one attached hydrogen (secondary N) is 1. The molecule has 1 amide bonds. The zero-order valence-corrected chi connectivity index (χ0v) is 15.7. The van der Waals surface area contributed by atoms with E-state index in [2.05, 4.69) is 5.32 Å². The van der Waals surface area contributed by atoms with E-state index in [1.807, 2.05) is 12.1 Å². The number of hydrogen-bond donors (Lipinski definition) is 3. The van der Waals surface area contributed by atoms with Gasteiger partial charge in [0, 0.05) is 18.4 Å². The number of ether oxygens (including phenoxy) is 2. The number of anilines is 1. The number of benzene rings is 2. The number of hydrogen-bond acceptors (Lipinski definition) is 5. The summed E-state index contributed by atoms with van der Waals surface area (Å²) in [5.74, 6) is -0.794. The highest BCUT2D eigenvalue weighted by atomic mass is 35.5. The number of carbonyl (C=O) groups excluding carboxylic acids is 1. The normalized spacial score (nSPS) is 12.2. The molecule has 0 saturated carbocycles. The number of aryl methyl sites for hydroxylation is 2. The second-order valence-corrected chi connectivity index (χ2v) is 6.83. The van der Waals surface area contributed by atoms with Crippen molar-refractivity contribution in [1.82, 2.24) is 4.57 Å². The fraction of sp³-hybridized carbons (Fsp3) is 0.150. The van der Waals surface area contributed by atoms with Crippen molar-refractivity contribution in [1.29, 1.82) is 0 Å². The highest BCUT2D eigenvalue weighted by Gasteiger charge is 2.22. The molecular weight excluding hydrogens is 403 g/mol. The van der Waals surface area contributed by atoms with Crippen LogP contribution in [0.15, 0.2) is 42.6 Å². The summed E-state index contributed by atoms with van der Waals surface area (Å²) >= 11 is 5.70. The molecular formula is C20H16ClFN2O5. The third-order valence-electron chi connectivity index (χ3n) is 4.51. The highest BCUT2D eigenvalue weighted by Crippen LogP contribution is 2.34. The summed E-state index contributed by atoms with van der Waals surface area (Å²) in [4.78, 5) is 12.5. The van der Waals surface area contributed by atoms with Crippen LogP contribution in [0, 0.1) is 5.82 Å². The molecule has 0 saturated heterocycles. The van der Waals surface area contributed by atoms with Gasteiger partial charge in [0.15, 0.2) is 11.5 Å². The first-order valence-electron chi connectivity index (χ1n) is 8.68. The Labute approximate surface area is 169 Å². The van der Waals surface area contributed by atoms with Gasteiger partial charge < -0.3 is 29.6 Å². The standard InChI is InChI=1S/C20H16ClFN2O5/c21-13-8-12(2-3-14(13)22)23-19(26)18-15(25)9-24(20(18)27)6-5-11-1-4-16-17(7-11)29-10-28-16/h1-4,7-9,25,27H,5-6,10H2,(H,23,26). The summed E-state index contributed by atoms with van der Waals surface area (Å²) in [5.41, 5.74) is 0.887. The number of aromatic nitrogens is 1. The lowest BCUT2D eigenvalue weighted by Gasteiger charge is -2.08. The van der Waals surface area contributed by atoms with Crippen LogP contribution in [-0.2, 0) is 13.0 Å². The van der Waals surface area contributed by atoms with E-state index in [-0.39, 0.29) is 34.7 Å². The van der Waals surface area contributed by atoms with E-state index in [4.69, 9.17) is 21.1 Å². The lowest BCUT2D eigenvalue weighted by Crippen LogP contribution is -2.12. The van der Waals surface area contributed by atoms with Gasteiger partial charge in [-0.2, -0.15) is 0 Å². The topological polar surface area (TPSA) is 93.0 Å². The highest BCUT2D eigenvalue weighted by molar-refractivity contribution is 6.31. The summed E-state index contributed by atoms with van der Waals surface area (Å²) in [6.07, 6.45) is 1.79. The minimum atomic E-state index is -0.746. The maximum Gasteiger partial charge on any atom is 0.264 e. The van der Waals surface area contributed by atoms with Gasteiger partial charge in [0.1, 0.15) is 17.1 Å². The molecule has 4 rings (SSSR count). The van der Waals surface area contributed by atoms with Crippen molar-refractivity contribution >= 4 is 23.2 Å². The molecule has 0 aliphatic carbocycles. The third kappa shape index (κ3) is 3.79. The lowest BCUT2D eigenvalue weighted by atomic mass is 10.1. The molecule has 7 nitrogen and oxygen atoms in total. The second-order valence-electron chi connectivity index (χ2n) is 6.43. The first kappa shape index (κ1) is 18.9. The van der Waals surface area contributed by atoms with Gasteiger partial charge in [0.05, 0.1) is 5.02 Å². The molecule has 2 aromatic carbocycles. The molecule has 0 spiro atoms. The molecule has 29 heavy (non-hydrogen) atoms. The molecule has 1 aliphatic rings. The third-order valence-corrected chi connectivity index (χ3v) is 4.80. The number of rotatable bonds is 5. The van der Waals surface area contributed by atoms with Crippen LogP contribution in [0.3, 0.4) is 0 Å². The molecule has 0 atom stereocenters. The Morgan fingerprint density at radius 1 is 1.17 bits per heavy atom. The molecule has 9 heteroatoms. The van der Waals surface area contributed by atoms with Crippen molar-refractivity contribution in [2.45, 2.75) is 13.0 Å². The van der Waals surface area contributed by atoms with E-state index in [0.717, 1.165) is 11.6 Å². The quantitative estimate of drug-likeness (QED) is 0.584. The van der Waals surface area contributed by atoms with Crippen molar-refractivity contribution in [2.24, 2.45) is 0 Å². The zero-order valence-electron chi connectivity index (χ0n) is 15.0. The molecule has 0 unspecified atom stereocenters. The predicted octanol–water partition coefficient (Wildman–Crippen LogP) is 3.92. The summed E-state index contributed by atoms with van der Waals surface area (Å²) in [6.45, 7) is 0.498. The number of fused-ring (bicyclic) bond motifs is 1. The first-order valence-corrected chi connectivity index (χ1v) is 9.06. The Balaban J connectivity index is 1.48. The van der Waals surface area contributed by atoms with Gasteiger partial charge in [0.2, 0.25) is 12.7 Å². The maximum atomic E-state index is 13.2. The van der Waals surface area contributed by atoms with Gasteiger partial charge in [-0.3, -0.25) is 4.79 Å². The van der Waals surface area contributed by atoms with Crippen molar-refractivity contribution in [3.63, 3.8) is 0 Å². The zero-order chi connectivity index (χ0) is 20.5. The van der Waals surface area contributed by atoms with Crippen LogP contribution in [0.25, 0.3) is 0 Å². The van der Waals surface area contributed by atoms with Crippen molar-refractivity contribution in [2.75, 3.05) is 12.1 Å². The van der Waals surface area contributed by atoms with Crippen LogP contribution in [0.5, 0.6) is 23.1 Å². The minimum absolute atomic E-state index is 0.155. The Morgan fingerprint density at radius 2 is 1.97 bits per heavy atom. The van der Waals surface area contributed by atoms with Crippen LogP contribution in [0.1, 0.15) is 15.9 Å². The van der Waals surface area contributed by atoms with Gasteiger partial charge in [0.25, 0.3) is 5.91 Å². The smallest absolute Gasteiger partial charge is 0.264 e. The SMILES string of the molecule is O=C(Nc1ccc(F)c(Cl)c1)c1c(O)cn(CCc2ccc3c(c2)OCO3)c1O. The Morgan fingerprint density at radius 3 is 2.76 bits per heavy atom. The van der Waals surface area contributed by atoms with Crippen LogP contribution in [0.2, 0.25) is 5.02 Å². The molecule has 1 aromatic heterocycles. The summed E-state index contributed by atoms with van der Waals surface area (Å²) in [5, 5.41) is 22.8. The Hall–Kier alpha value is -3.39. The van der Waals surface area contributed by atoms with E-state index in [1.165, 1.54) is 22.9 Å². The van der Waals surface area contributed by atoms with E-state index in [1.54, 1.807) is 6.07 Å². The number of nitrogens with zero attached hydrogens (tertiary/aromatic N) is 1. The molecule has 150 valence electrons. The maximum absolute atomic E-state index is 13.2. The van der Waals surface area contributed by atoms with E-state index in [9.17, 15) is 19.4 Å². The average molecular weight is 419 g/mol. The van der Waals surface area contributed by atoms with Crippen LogP contribution < -0.4 is 14.8 Å². The van der Waals surface area contributed by atoms with Crippen LogP contribution in [0.4, 0.5) is 10.1 Å². The van der Waals surface area contributed by atoms with Gasteiger partial charge >= 0.3 is 0 Å². The molecule has 3 N–H and O–H groups in total. The molecule has 0 fully saturated rings. The van der Waals surface area contributed by atoms with E-state index < -0.39 is 11.7 Å². The van der Waals surface area contributed by atoms with Gasteiger partial charge in [-0.15, -0.1) is 0 Å². The summed E-state index contributed by atoms with van der Waals surface area (Å²) in [6, 6.07) is 9.18. The van der Waals surface area contributed by atoms with E-state index in [0.29, 0.717) is 24.5 Å². The predicted molar refractivity (Wildman–Crippen MR) is 103 cm³/mol. The van der Waals surface area contributed by atoms with Crippen LogP contribution in [-0.4, -0.2) is 27.5 Å². The Kier molecular flexibility index (Phi) is 4.94. The number of halogens is 2. The Bertz CT molecular complexity index is 1100. The monoisotopic (exact) mass is 418 g/mol. The van der Waals surface area contributed by atoms with Crippen molar-refractivity contribution in [3.8, 4) is 23.1 Å². The van der Waals surface area contributed by atoms with Gasteiger partial charge in [-0.25, -0.2) is 4.39 Å². The van der Waals surface area contributed by atoms with Crippen molar-refractivity contribution < 1.29 is 28.9 Å². The van der Waals surface area contributed by atoms with Gasteiger partial charge in [-0.1, -0.05) is 17.7 Å². The summed E-state index contributed by atoms with van der Waals surface area (Å²) in [7, 11) is 0. The molecule has 2 heterocycles. The first-order chi connectivity index (χ1) is 13.9. The molecule has 3 aromatic rings. The average Bonchev–Trinajstić information content (AvgIpc) is 3.26. The fourth-order valence-electron chi connectivity index (χ4n) is 3.03. The molecule has 0 bridgehead atoms. The second kappa shape index (κ2) is 7.56. The van der Waals surface area contributed by atoms with Crippen LogP contribution >= 0.6 is 11.6 Å². The fourth-order valence-corrected chi connectivity index (χ4v) is 3.21. The number of amides is 1. The minimum Gasteiger partial charge on any atom is -0.505 e. The lowest BCUT2D eigenvalue weighted by molar-refractivity contribution is 0.102. The molecule has 1 aliphatic heterocycles. The number of aromatic hydroxyl groups is 2. The largest absolute Gasteiger partial charge is 0.505 e. The van der Waals surface area contributed by atoms with Gasteiger partial charge in [-0.05, 0) is 42.3 Å².